The zero-order chi connectivity index (χ0) is 17.2. The number of hydrogen-bond donors (Lipinski definition) is 1. The van der Waals surface area contributed by atoms with Gasteiger partial charge in [0.05, 0.1) is 5.69 Å². The van der Waals surface area contributed by atoms with Crippen LogP contribution in [0.3, 0.4) is 0 Å². The maximum atomic E-state index is 14.4. The van der Waals surface area contributed by atoms with Crippen molar-refractivity contribution < 1.29 is 13.6 Å². The number of anilines is 1. The van der Waals surface area contributed by atoms with Gasteiger partial charge in [0.15, 0.2) is 5.66 Å². The van der Waals surface area contributed by atoms with Crippen molar-refractivity contribution in [3.05, 3.63) is 90.2 Å². The molecule has 3 nitrogen and oxygen atoms in total. The van der Waals surface area contributed by atoms with Gasteiger partial charge in [-0.3, -0.25) is 4.79 Å². The van der Waals surface area contributed by atoms with Crippen LogP contribution in [0.15, 0.2) is 73.0 Å². The maximum Gasteiger partial charge on any atom is 0.219 e. The number of benzene rings is 2. The third kappa shape index (κ3) is 2.80. The molecule has 1 atom stereocenters. The van der Waals surface area contributed by atoms with E-state index in [1.807, 2.05) is 0 Å². The second-order valence-electron chi connectivity index (χ2n) is 5.48. The van der Waals surface area contributed by atoms with Crippen LogP contribution in [0.25, 0.3) is 0 Å². The van der Waals surface area contributed by atoms with Gasteiger partial charge in [0.25, 0.3) is 0 Å². The molecule has 0 fully saturated rings. The molecule has 1 aliphatic rings. The summed E-state index contributed by atoms with van der Waals surface area (Å²) in [4.78, 5) is 13.5. The summed E-state index contributed by atoms with van der Waals surface area (Å²) >= 11 is 0. The fourth-order valence-electron chi connectivity index (χ4n) is 2.83. The van der Waals surface area contributed by atoms with Crippen molar-refractivity contribution >= 4 is 11.6 Å². The Hall–Kier alpha value is -2.95. The first-order valence-electron chi connectivity index (χ1n) is 7.47. The molecule has 24 heavy (non-hydrogen) atoms. The molecule has 122 valence electrons. The summed E-state index contributed by atoms with van der Waals surface area (Å²) in [5.41, 5.74) is -0.227. The molecule has 0 aliphatic carbocycles. The Morgan fingerprint density at radius 3 is 2.42 bits per heavy atom. The van der Waals surface area contributed by atoms with Crippen LogP contribution >= 0.6 is 0 Å². The fraction of sp³-hybridized carbons (Fsp3) is 0.105. The number of nitrogens with zero attached hydrogens (tertiary/aromatic N) is 1. The van der Waals surface area contributed by atoms with Gasteiger partial charge in [-0.15, -0.1) is 0 Å². The Balaban J connectivity index is 2.19. The topological polar surface area (TPSA) is 32.3 Å². The van der Waals surface area contributed by atoms with Crippen molar-refractivity contribution in [3.63, 3.8) is 0 Å². The number of para-hydroxylation sites is 1. The Bertz CT molecular complexity index is 814. The largest absolute Gasteiger partial charge is 0.326 e. The van der Waals surface area contributed by atoms with E-state index in [1.165, 1.54) is 25.1 Å². The number of carbonyl (C=O) groups excluding carboxylic acids is 1. The van der Waals surface area contributed by atoms with Crippen molar-refractivity contribution in [2.45, 2.75) is 12.6 Å². The van der Waals surface area contributed by atoms with Crippen LogP contribution in [-0.2, 0) is 10.5 Å². The highest BCUT2D eigenvalue weighted by molar-refractivity contribution is 5.76. The number of allylic oxidation sites excluding steroid dienone is 2. The van der Waals surface area contributed by atoms with E-state index in [2.05, 4.69) is 5.32 Å². The molecular formula is C19H16F2N2O. The first kappa shape index (κ1) is 15.9. The van der Waals surface area contributed by atoms with Crippen LogP contribution in [0.1, 0.15) is 12.5 Å². The molecule has 2 aromatic rings. The Kier molecular flexibility index (Phi) is 4.16. The SMILES string of the molecule is CC(=O)NC1(c2ccc(F)cc2)C=CC=CN1c1ccccc1F. The summed E-state index contributed by atoms with van der Waals surface area (Å²) in [6, 6.07) is 12.1. The number of halogens is 2. The van der Waals surface area contributed by atoms with E-state index in [-0.39, 0.29) is 11.7 Å². The molecule has 0 aromatic heterocycles. The standard InChI is InChI=1S/C19H16F2N2O/c1-14(24)22-19(15-8-10-16(20)11-9-15)12-4-5-13-23(19)18-7-3-2-6-17(18)21/h2-13H,1H3,(H,22,24). The Labute approximate surface area is 138 Å². The molecule has 0 saturated carbocycles. The molecule has 1 N–H and O–H groups in total. The van der Waals surface area contributed by atoms with E-state index in [4.69, 9.17) is 0 Å². The fourth-order valence-corrected chi connectivity index (χ4v) is 2.83. The molecule has 1 unspecified atom stereocenters. The molecule has 1 heterocycles. The van der Waals surface area contributed by atoms with Gasteiger partial charge in [0, 0.05) is 18.7 Å². The lowest BCUT2D eigenvalue weighted by Crippen LogP contribution is -2.55. The molecule has 0 radical (unpaired) electrons. The zero-order valence-electron chi connectivity index (χ0n) is 13.0. The van der Waals surface area contributed by atoms with E-state index in [0.29, 0.717) is 11.3 Å². The highest BCUT2D eigenvalue weighted by Gasteiger charge is 2.38. The van der Waals surface area contributed by atoms with Crippen molar-refractivity contribution in [2.75, 3.05) is 4.90 Å². The predicted octanol–water partition coefficient (Wildman–Crippen LogP) is 3.84. The molecule has 3 rings (SSSR count). The summed E-state index contributed by atoms with van der Waals surface area (Å²) in [5, 5.41) is 2.87. The molecule has 5 heteroatoms. The average Bonchev–Trinajstić information content (AvgIpc) is 2.56. The third-order valence-corrected chi connectivity index (χ3v) is 3.83. The Morgan fingerprint density at radius 2 is 1.75 bits per heavy atom. The lowest BCUT2D eigenvalue weighted by Gasteiger charge is -2.43. The molecule has 0 saturated heterocycles. The van der Waals surface area contributed by atoms with Crippen LogP contribution in [-0.4, -0.2) is 5.91 Å². The van der Waals surface area contributed by atoms with Crippen LogP contribution in [0.4, 0.5) is 14.5 Å². The highest BCUT2D eigenvalue weighted by Crippen LogP contribution is 2.36. The van der Waals surface area contributed by atoms with E-state index < -0.39 is 11.5 Å². The molecule has 2 aromatic carbocycles. The van der Waals surface area contributed by atoms with Crippen LogP contribution < -0.4 is 10.2 Å². The normalized spacial score (nSPS) is 19.4. The second kappa shape index (κ2) is 6.28. The minimum absolute atomic E-state index is 0.291. The molecule has 1 aliphatic heterocycles. The first-order chi connectivity index (χ1) is 11.5. The summed E-state index contributed by atoms with van der Waals surface area (Å²) in [7, 11) is 0. The minimum Gasteiger partial charge on any atom is -0.326 e. The quantitative estimate of drug-likeness (QED) is 0.929. The van der Waals surface area contributed by atoms with Gasteiger partial charge in [-0.05, 0) is 36.4 Å². The van der Waals surface area contributed by atoms with Gasteiger partial charge in [-0.1, -0.05) is 30.3 Å². The first-order valence-corrected chi connectivity index (χ1v) is 7.47. The monoisotopic (exact) mass is 326 g/mol. The summed E-state index contributed by atoms with van der Waals surface area (Å²) in [6.07, 6.45) is 6.93. The number of carbonyl (C=O) groups is 1. The second-order valence-corrected chi connectivity index (χ2v) is 5.48. The van der Waals surface area contributed by atoms with Crippen LogP contribution in [0.5, 0.6) is 0 Å². The minimum atomic E-state index is -1.14. The molecule has 0 bridgehead atoms. The number of hydrogen-bond acceptors (Lipinski definition) is 2. The predicted molar refractivity (Wildman–Crippen MR) is 89.1 cm³/mol. The van der Waals surface area contributed by atoms with E-state index in [1.54, 1.807) is 59.7 Å². The van der Waals surface area contributed by atoms with Gasteiger partial charge in [0.2, 0.25) is 5.91 Å². The molecule has 0 spiro atoms. The van der Waals surface area contributed by atoms with Crippen molar-refractivity contribution in [2.24, 2.45) is 0 Å². The van der Waals surface area contributed by atoms with Crippen LogP contribution in [0, 0.1) is 11.6 Å². The average molecular weight is 326 g/mol. The Morgan fingerprint density at radius 1 is 1.04 bits per heavy atom. The van der Waals surface area contributed by atoms with Gasteiger partial charge in [-0.25, -0.2) is 8.78 Å². The summed E-state index contributed by atoms with van der Waals surface area (Å²) in [6.45, 7) is 1.39. The van der Waals surface area contributed by atoms with E-state index in [9.17, 15) is 13.6 Å². The maximum absolute atomic E-state index is 14.4. The zero-order valence-corrected chi connectivity index (χ0v) is 13.0. The number of rotatable bonds is 3. The lowest BCUT2D eigenvalue weighted by atomic mass is 9.93. The van der Waals surface area contributed by atoms with Gasteiger partial charge in [-0.2, -0.15) is 0 Å². The molecular weight excluding hydrogens is 310 g/mol. The van der Waals surface area contributed by atoms with Gasteiger partial charge < -0.3 is 10.2 Å². The van der Waals surface area contributed by atoms with Crippen molar-refractivity contribution in [1.82, 2.24) is 5.32 Å². The third-order valence-electron chi connectivity index (χ3n) is 3.83. The van der Waals surface area contributed by atoms with Gasteiger partial charge in [0.1, 0.15) is 11.6 Å². The van der Waals surface area contributed by atoms with Crippen molar-refractivity contribution in [3.8, 4) is 0 Å². The molecule has 1 amide bonds. The van der Waals surface area contributed by atoms with Crippen LogP contribution in [0.2, 0.25) is 0 Å². The highest BCUT2D eigenvalue weighted by atomic mass is 19.1. The van der Waals surface area contributed by atoms with Crippen molar-refractivity contribution in [1.29, 1.82) is 0 Å². The van der Waals surface area contributed by atoms with E-state index in [0.717, 1.165) is 0 Å². The number of amides is 1. The summed E-state index contributed by atoms with van der Waals surface area (Å²) < 4.78 is 27.7. The summed E-state index contributed by atoms with van der Waals surface area (Å²) in [5.74, 6) is -1.10. The van der Waals surface area contributed by atoms with Gasteiger partial charge >= 0.3 is 0 Å². The lowest BCUT2D eigenvalue weighted by molar-refractivity contribution is -0.120. The smallest absolute Gasteiger partial charge is 0.219 e. The van der Waals surface area contributed by atoms with E-state index >= 15 is 0 Å². The number of nitrogens with one attached hydrogen (secondary N) is 1.